The van der Waals surface area contributed by atoms with Gasteiger partial charge in [0.1, 0.15) is 0 Å². The zero-order valence-corrected chi connectivity index (χ0v) is 12.6. The number of carbonyl (C=O) groups excluding carboxylic acids is 2. The minimum atomic E-state index is -1.55. The van der Waals surface area contributed by atoms with Gasteiger partial charge in [-0.25, -0.2) is 0 Å². The van der Waals surface area contributed by atoms with E-state index in [2.05, 4.69) is 0 Å². The van der Waals surface area contributed by atoms with E-state index in [1.165, 1.54) is 12.1 Å². The van der Waals surface area contributed by atoms with Gasteiger partial charge in [0.05, 0.1) is 12.5 Å². The van der Waals surface area contributed by atoms with Gasteiger partial charge in [0.25, 0.3) is 5.91 Å². The summed E-state index contributed by atoms with van der Waals surface area (Å²) in [6.45, 7) is 3.08. The molecule has 1 saturated heterocycles. The number of piperidine rings is 1. The Morgan fingerprint density at radius 3 is 2.59 bits per heavy atom. The molecule has 1 amide bonds. The summed E-state index contributed by atoms with van der Waals surface area (Å²) in [5, 5.41) is 18.1. The summed E-state index contributed by atoms with van der Waals surface area (Å²) >= 11 is 0. The van der Waals surface area contributed by atoms with Gasteiger partial charge in [-0.2, -0.15) is 0 Å². The SMILES string of the molecule is CCOC(=O)[C@H]1CCCN(C(=O)c2ccc(B(O)O)cc2)C1. The number of rotatable bonds is 4. The van der Waals surface area contributed by atoms with Crippen molar-refractivity contribution >= 4 is 24.5 Å². The first kappa shape index (κ1) is 16.5. The van der Waals surface area contributed by atoms with Crippen LogP contribution in [0.4, 0.5) is 0 Å². The van der Waals surface area contributed by atoms with Crippen LogP contribution in [0.1, 0.15) is 30.1 Å². The lowest BCUT2D eigenvalue weighted by molar-refractivity contribution is -0.149. The number of hydrogen-bond donors (Lipinski definition) is 2. The second-order valence-corrected chi connectivity index (χ2v) is 5.34. The van der Waals surface area contributed by atoms with E-state index in [1.54, 1.807) is 24.0 Å². The van der Waals surface area contributed by atoms with Crippen molar-refractivity contribution < 1.29 is 24.4 Å². The predicted molar refractivity (Wildman–Crippen MR) is 81.5 cm³/mol. The van der Waals surface area contributed by atoms with E-state index in [4.69, 9.17) is 14.8 Å². The number of carbonyl (C=O) groups is 2. The maximum Gasteiger partial charge on any atom is 0.488 e. The van der Waals surface area contributed by atoms with Gasteiger partial charge in [-0.3, -0.25) is 9.59 Å². The molecule has 6 nitrogen and oxygen atoms in total. The fourth-order valence-electron chi connectivity index (χ4n) is 2.59. The molecule has 0 bridgehead atoms. The average molecular weight is 305 g/mol. The molecule has 1 aliphatic heterocycles. The van der Waals surface area contributed by atoms with E-state index in [1.807, 2.05) is 0 Å². The topological polar surface area (TPSA) is 87.1 Å². The number of amides is 1. The largest absolute Gasteiger partial charge is 0.488 e. The molecule has 0 unspecified atom stereocenters. The molecule has 118 valence electrons. The molecule has 1 aromatic rings. The Bertz CT molecular complexity index is 531. The van der Waals surface area contributed by atoms with Crippen molar-refractivity contribution in [2.24, 2.45) is 5.92 Å². The zero-order valence-electron chi connectivity index (χ0n) is 12.6. The normalized spacial score (nSPS) is 18.0. The highest BCUT2D eigenvalue weighted by Gasteiger charge is 2.29. The smallest absolute Gasteiger partial charge is 0.466 e. The number of ether oxygens (including phenoxy) is 1. The molecule has 0 saturated carbocycles. The van der Waals surface area contributed by atoms with Crippen LogP contribution in [0.3, 0.4) is 0 Å². The van der Waals surface area contributed by atoms with Gasteiger partial charge in [-0.15, -0.1) is 0 Å². The maximum absolute atomic E-state index is 12.5. The molecule has 2 rings (SSSR count). The summed E-state index contributed by atoms with van der Waals surface area (Å²) in [5.74, 6) is -0.678. The van der Waals surface area contributed by atoms with Crippen molar-refractivity contribution in [1.82, 2.24) is 4.90 Å². The maximum atomic E-state index is 12.5. The lowest BCUT2D eigenvalue weighted by Gasteiger charge is -2.31. The Morgan fingerprint density at radius 2 is 2.00 bits per heavy atom. The summed E-state index contributed by atoms with van der Waals surface area (Å²) < 4.78 is 5.02. The van der Waals surface area contributed by atoms with E-state index in [0.717, 1.165) is 12.8 Å². The number of hydrogen-bond acceptors (Lipinski definition) is 5. The first-order valence-corrected chi connectivity index (χ1v) is 7.45. The molecular formula is C15H20BNO5. The quantitative estimate of drug-likeness (QED) is 0.593. The van der Waals surface area contributed by atoms with E-state index in [9.17, 15) is 9.59 Å². The fraction of sp³-hybridized carbons (Fsp3) is 0.467. The van der Waals surface area contributed by atoms with Crippen LogP contribution >= 0.6 is 0 Å². The molecule has 0 spiro atoms. The van der Waals surface area contributed by atoms with E-state index in [0.29, 0.717) is 30.7 Å². The van der Waals surface area contributed by atoms with Crippen LogP contribution in [0.2, 0.25) is 0 Å². The minimum absolute atomic E-state index is 0.159. The monoisotopic (exact) mass is 305 g/mol. The van der Waals surface area contributed by atoms with Crippen molar-refractivity contribution in [2.75, 3.05) is 19.7 Å². The highest BCUT2D eigenvalue weighted by Crippen LogP contribution is 2.19. The minimum Gasteiger partial charge on any atom is -0.466 e. The molecule has 0 aromatic heterocycles. The number of benzene rings is 1. The zero-order chi connectivity index (χ0) is 16.1. The third-order valence-corrected chi connectivity index (χ3v) is 3.78. The molecule has 1 aliphatic rings. The Morgan fingerprint density at radius 1 is 1.32 bits per heavy atom. The van der Waals surface area contributed by atoms with E-state index in [-0.39, 0.29) is 17.8 Å². The third-order valence-electron chi connectivity index (χ3n) is 3.78. The van der Waals surface area contributed by atoms with Crippen LogP contribution < -0.4 is 5.46 Å². The molecule has 1 heterocycles. The molecule has 0 radical (unpaired) electrons. The van der Waals surface area contributed by atoms with Crippen molar-refractivity contribution in [1.29, 1.82) is 0 Å². The van der Waals surface area contributed by atoms with Crippen LogP contribution in [-0.2, 0) is 9.53 Å². The van der Waals surface area contributed by atoms with Crippen LogP contribution in [0, 0.1) is 5.92 Å². The molecular weight excluding hydrogens is 285 g/mol. The summed E-state index contributed by atoms with van der Waals surface area (Å²) in [6.07, 6.45) is 1.50. The standard InChI is InChI=1S/C15H20BNO5/c1-2-22-15(19)12-4-3-9-17(10-12)14(18)11-5-7-13(8-6-11)16(20)21/h5-8,12,20-21H,2-4,9-10H2,1H3/t12-/m0/s1. The molecule has 7 heteroatoms. The number of nitrogens with zero attached hydrogens (tertiary/aromatic N) is 1. The Hall–Kier alpha value is -1.86. The highest BCUT2D eigenvalue weighted by molar-refractivity contribution is 6.58. The molecule has 1 fully saturated rings. The van der Waals surface area contributed by atoms with Gasteiger partial charge >= 0.3 is 13.1 Å². The number of esters is 1. The summed E-state index contributed by atoms with van der Waals surface area (Å²) in [7, 11) is -1.55. The van der Waals surface area contributed by atoms with Crippen molar-refractivity contribution in [3.8, 4) is 0 Å². The van der Waals surface area contributed by atoms with Crippen molar-refractivity contribution in [3.63, 3.8) is 0 Å². The molecule has 22 heavy (non-hydrogen) atoms. The van der Waals surface area contributed by atoms with Gasteiger partial charge in [-0.05, 0) is 37.4 Å². The Balaban J connectivity index is 2.03. The van der Waals surface area contributed by atoms with Gasteiger partial charge in [-0.1, -0.05) is 12.1 Å². The van der Waals surface area contributed by atoms with Gasteiger partial charge in [0.2, 0.25) is 0 Å². The van der Waals surface area contributed by atoms with Crippen LogP contribution in [0.15, 0.2) is 24.3 Å². The third kappa shape index (κ3) is 3.87. The van der Waals surface area contributed by atoms with Gasteiger partial charge in [0.15, 0.2) is 0 Å². The molecule has 1 atom stereocenters. The van der Waals surface area contributed by atoms with Crippen molar-refractivity contribution in [2.45, 2.75) is 19.8 Å². The average Bonchev–Trinajstić information content (AvgIpc) is 2.54. The second-order valence-electron chi connectivity index (χ2n) is 5.34. The molecule has 0 aliphatic carbocycles. The first-order valence-electron chi connectivity index (χ1n) is 7.45. The Kier molecular flexibility index (Phi) is 5.57. The summed E-state index contributed by atoms with van der Waals surface area (Å²) in [5.41, 5.74) is 0.800. The Labute approximate surface area is 129 Å². The van der Waals surface area contributed by atoms with Gasteiger partial charge < -0.3 is 19.7 Å². The molecule has 2 N–H and O–H groups in total. The van der Waals surface area contributed by atoms with Crippen molar-refractivity contribution in [3.05, 3.63) is 29.8 Å². The fourth-order valence-corrected chi connectivity index (χ4v) is 2.59. The van der Waals surface area contributed by atoms with Crippen LogP contribution in [0.5, 0.6) is 0 Å². The summed E-state index contributed by atoms with van der Waals surface area (Å²) in [4.78, 5) is 25.9. The lowest BCUT2D eigenvalue weighted by Crippen LogP contribution is -2.43. The molecule has 1 aromatic carbocycles. The summed E-state index contributed by atoms with van der Waals surface area (Å²) in [6, 6.07) is 6.13. The van der Waals surface area contributed by atoms with E-state index >= 15 is 0 Å². The highest BCUT2D eigenvalue weighted by atomic mass is 16.5. The number of likely N-dealkylation sites (tertiary alicyclic amines) is 1. The van der Waals surface area contributed by atoms with Crippen LogP contribution in [0.25, 0.3) is 0 Å². The van der Waals surface area contributed by atoms with Gasteiger partial charge in [0, 0.05) is 18.7 Å². The van der Waals surface area contributed by atoms with E-state index < -0.39 is 7.12 Å². The first-order chi connectivity index (χ1) is 10.5. The second kappa shape index (κ2) is 7.42. The lowest BCUT2D eigenvalue weighted by atomic mass is 9.80. The van der Waals surface area contributed by atoms with Crippen LogP contribution in [-0.4, -0.2) is 53.6 Å². The predicted octanol–water partition coefficient (Wildman–Crippen LogP) is -0.218.